The SMILES string of the molecule is O=c1nc(CCN2CCOCC2)o[nH]1. The number of ether oxygens (including phenoxy) is 1. The second-order valence-electron chi connectivity index (χ2n) is 3.22. The monoisotopic (exact) mass is 199 g/mol. The van der Waals surface area contributed by atoms with Crippen LogP contribution < -0.4 is 5.69 Å². The molecule has 1 fully saturated rings. The van der Waals surface area contributed by atoms with Gasteiger partial charge < -0.3 is 9.26 Å². The highest BCUT2D eigenvalue weighted by Crippen LogP contribution is 1.99. The smallest absolute Gasteiger partial charge is 0.377 e. The topological polar surface area (TPSA) is 71.4 Å². The lowest BCUT2D eigenvalue weighted by molar-refractivity contribution is 0.0375. The number of H-pyrrole nitrogens is 1. The van der Waals surface area contributed by atoms with Crippen LogP contribution in [0.4, 0.5) is 0 Å². The van der Waals surface area contributed by atoms with Crippen LogP contribution >= 0.6 is 0 Å². The molecule has 2 rings (SSSR count). The highest BCUT2D eigenvalue weighted by atomic mass is 16.5. The van der Waals surface area contributed by atoms with Crippen molar-refractivity contribution in [3.63, 3.8) is 0 Å². The molecule has 1 aromatic heterocycles. The first-order chi connectivity index (χ1) is 6.84. The second kappa shape index (κ2) is 4.39. The normalized spacial score (nSPS) is 18.6. The lowest BCUT2D eigenvalue weighted by Gasteiger charge is -2.25. The molecular formula is C8H13N3O3. The van der Waals surface area contributed by atoms with Gasteiger partial charge in [-0.2, -0.15) is 10.1 Å². The van der Waals surface area contributed by atoms with E-state index in [9.17, 15) is 4.79 Å². The van der Waals surface area contributed by atoms with E-state index in [0.29, 0.717) is 12.3 Å². The van der Waals surface area contributed by atoms with E-state index >= 15 is 0 Å². The third kappa shape index (κ3) is 2.43. The van der Waals surface area contributed by atoms with Crippen molar-refractivity contribution in [3.8, 4) is 0 Å². The third-order valence-corrected chi connectivity index (χ3v) is 2.23. The fourth-order valence-corrected chi connectivity index (χ4v) is 1.45. The molecule has 6 heteroatoms. The van der Waals surface area contributed by atoms with E-state index in [4.69, 9.17) is 9.26 Å². The minimum absolute atomic E-state index is 0.415. The Kier molecular flexibility index (Phi) is 2.95. The average Bonchev–Trinajstić information content (AvgIpc) is 2.63. The third-order valence-electron chi connectivity index (χ3n) is 2.23. The number of aromatic amines is 1. The van der Waals surface area contributed by atoms with E-state index in [1.807, 2.05) is 0 Å². The summed E-state index contributed by atoms with van der Waals surface area (Å²) in [5, 5.41) is 2.17. The average molecular weight is 199 g/mol. The predicted octanol–water partition coefficient (Wildman–Crippen LogP) is -0.762. The van der Waals surface area contributed by atoms with Gasteiger partial charge in [-0.05, 0) is 0 Å². The van der Waals surface area contributed by atoms with Crippen molar-refractivity contribution in [1.82, 2.24) is 15.0 Å². The van der Waals surface area contributed by atoms with Crippen molar-refractivity contribution >= 4 is 0 Å². The first-order valence-corrected chi connectivity index (χ1v) is 4.69. The molecule has 1 aliphatic rings. The van der Waals surface area contributed by atoms with Crippen molar-refractivity contribution in [2.45, 2.75) is 6.42 Å². The Balaban J connectivity index is 1.78. The number of hydrogen-bond donors (Lipinski definition) is 1. The van der Waals surface area contributed by atoms with E-state index in [2.05, 4.69) is 15.0 Å². The molecule has 1 saturated heterocycles. The van der Waals surface area contributed by atoms with Crippen molar-refractivity contribution in [3.05, 3.63) is 16.4 Å². The lowest BCUT2D eigenvalue weighted by Crippen LogP contribution is -2.37. The minimum Gasteiger partial charge on any atom is -0.379 e. The van der Waals surface area contributed by atoms with Crippen molar-refractivity contribution in [2.75, 3.05) is 32.8 Å². The molecule has 6 nitrogen and oxygen atoms in total. The standard InChI is InChI=1S/C8H13N3O3/c12-8-9-7(14-10-8)1-2-11-3-5-13-6-4-11/h1-6H2,(H,10,12). The molecule has 0 spiro atoms. The van der Waals surface area contributed by atoms with E-state index in [-0.39, 0.29) is 0 Å². The molecule has 1 N–H and O–H groups in total. The summed E-state index contributed by atoms with van der Waals surface area (Å²) in [7, 11) is 0. The maximum absolute atomic E-state index is 10.6. The molecule has 0 radical (unpaired) electrons. The molecule has 0 aliphatic carbocycles. The van der Waals surface area contributed by atoms with Gasteiger partial charge in [-0.1, -0.05) is 0 Å². The van der Waals surface area contributed by atoms with E-state index in [1.54, 1.807) is 0 Å². The zero-order valence-corrected chi connectivity index (χ0v) is 7.86. The van der Waals surface area contributed by atoms with Crippen LogP contribution in [0.2, 0.25) is 0 Å². The van der Waals surface area contributed by atoms with Crippen LogP contribution in [0.5, 0.6) is 0 Å². The first kappa shape index (κ1) is 9.42. The van der Waals surface area contributed by atoms with Gasteiger partial charge in [0, 0.05) is 26.1 Å². The Bertz CT molecular complexity index is 327. The van der Waals surface area contributed by atoms with Crippen LogP contribution in [0.3, 0.4) is 0 Å². The van der Waals surface area contributed by atoms with Gasteiger partial charge in [-0.15, -0.1) is 0 Å². The van der Waals surface area contributed by atoms with Crippen LogP contribution in [0.1, 0.15) is 5.89 Å². The molecule has 0 aromatic carbocycles. The Morgan fingerprint density at radius 1 is 1.43 bits per heavy atom. The molecule has 0 unspecified atom stereocenters. The van der Waals surface area contributed by atoms with Crippen LogP contribution in [0.25, 0.3) is 0 Å². The Hall–Kier alpha value is -1.14. The molecule has 0 atom stereocenters. The summed E-state index contributed by atoms with van der Waals surface area (Å²) in [4.78, 5) is 16.6. The Morgan fingerprint density at radius 3 is 2.86 bits per heavy atom. The molecule has 78 valence electrons. The quantitative estimate of drug-likeness (QED) is 0.692. The summed E-state index contributed by atoms with van der Waals surface area (Å²) in [5.74, 6) is 0.474. The second-order valence-corrected chi connectivity index (χ2v) is 3.22. The fraction of sp³-hybridized carbons (Fsp3) is 0.750. The van der Waals surface area contributed by atoms with E-state index in [0.717, 1.165) is 32.8 Å². The predicted molar refractivity (Wildman–Crippen MR) is 48.1 cm³/mol. The van der Waals surface area contributed by atoms with Crippen molar-refractivity contribution in [1.29, 1.82) is 0 Å². The van der Waals surface area contributed by atoms with Gasteiger partial charge in [0.1, 0.15) is 0 Å². The molecule has 1 aliphatic heterocycles. The maximum atomic E-state index is 10.6. The first-order valence-electron chi connectivity index (χ1n) is 4.69. The summed E-state index contributed by atoms with van der Waals surface area (Å²) in [6.07, 6.45) is 0.665. The summed E-state index contributed by atoms with van der Waals surface area (Å²) in [5.41, 5.74) is -0.415. The molecule has 0 amide bonds. The van der Waals surface area contributed by atoms with Crippen molar-refractivity contribution < 1.29 is 9.26 Å². The Labute approximate surface area is 80.8 Å². The number of morpholine rings is 1. The van der Waals surface area contributed by atoms with E-state index < -0.39 is 5.69 Å². The van der Waals surface area contributed by atoms with Crippen molar-refractivity contribution in [2.24, 2.45) is 0 Å². The van der Waals surface area contributed by atoms with Crippen LogP contribution in [-0.2, 0) is 11.2 Å². The minimum atomic E-state index is -0.415. The van der Waals surface area contributed by atoms with Gasteiger partial charge in [0.2, 0.25) is 5.89 Å². The maximum Gasteiger partial charge on any atom is 0.377 e. The van der Waals surface area contributed by atoms with Gasteiger partial charge in [-0.3, -0.25) is 4.90 Å². The highest BCUT2D eigenvalue weighted by Gasteiger charge is 2.11. The van der Waals surface area contributed by atoms with Crippen LogP contribution in [0, 0.1) is 0 Å². The fourth-order valence-electron chi connectivity index (χ4n) is 1.45. The summed E-state index contributed by atoms with van der Waals surface area (Å²) in [6, 6.07) is 0. The number of rotatable bonds is 3. The number of nitrogens with zero attached hydrogens (tertiary/aromatic N) is 2. The summed E-state index contributed by atoms with van der Waals surface area (Å²) < 4.78 is 10.1. The van der Waals surface area contributed by atoms with E-state index in [1.165, 1.54) is 0 Å². The zero-order chi connectivity index (χ0) is 9.80. The van der Waals surface area contributed by atoms with Gasteiger partial charge in [0.15, 0.2) is 0 Å². The number of hydrogen-bond acceptors (Lipinski definition) is 5. The summed E-state index contributed by atoms with van der Waals surface area (Å²) in [6.45, 7) is 4.30. The summed E-state index contributed by atoms with van der Waals surface area (Å²) >= 11 is 0. The van der Waals surface area contributed by atoms with Gasteiger partial charge in [0.05, 0.1) is 13.2 Å². The van der Waals surface area contributed by atoms with Crippen LogP contribution in [0.15, 0.2) is 9.32 Å². The molecule has 14 heavy (non-hydrogen) atoms. The highest BCUT2D eigenvalue weighted by molar-refractivity contribution is 4.77. The molecular weight excluding hydrogens is 186 g/mol. The molecule has 0 bridgehead atoms. The molecule has 1 aromatic rings. The van der Waals surface area contributed by atoms with Gasteiger partial charge >= 0.3 is 5.69 Å². The number of nitrogens with one attached hydrogen (secondary N) is 1. The van der Waals surface area contributed by atoms with Gasteiger partial charge in [0.25, 0.3) is 0 Å². The number of aromatic nitrogens is 2. The molecule has 0 saturated carbocycles. The lowest BCUT2D eigenvalue weighted by atomic mass is 10.3. The molecule has 2 heterocycles. The van der Waals surface area contributed by atoms with Crippen LogP contribution in [-0.4, -0.2) is 47.9 Å². The zero-order valence-electron chi connectivity index (χ0n) is 7.86. The van der Waals surface area contributed by atoms with Gasteiger partial charge in [-0.25, -0.2) is 4.79 Å². The largest absolute Gasteiger partial charge is 0.379 e. The Morgan fingerprint density at radius 2 is 2.21 bits per heavy atom.